The third-order valence-corrected chi connectivity index (χ3v) is 6.03. The number of nitrogens with one attached hydrogen (secondary N) is 3. The van der Waals surface area contributed by atoms with Gasteiger partial charge in [0.25, 0.3) is 0 Å². The number of carbonyl (C=O) groups is 1. The van der Waals surface area contributed by atoms with Gasteiger partial charge in [-0.15, -0.1) is 0 Å². The molecule has 2 amide bonds. The zero-order valence-corrected chi connectivity index (χ0v) is 19.2. The molecular weight excluding hydrogens is 410 g/mol. The van der Waals surface area contributed by atoms with Gasteiger partial charge in [0.05, 0.1) is 0 Å². The summed E-state index contributed by atoms with van der Waals surface area (Å²) in [4.78, 5) is 19.3. The molecule has 0 saturated carbocycles. The zero-order chi connectivity index (χ0) is 22.9. The lowest BCUT2D eigenvalue weighted by atomic mass is 9.91. The summed E-state index contributed by atoms with van der Waals surface area (Å²) in [6.45, 7) is 5.72. The minimum absolute atomic E-state index is 0.136. The molecule has 1 aliphatic heterocycles. The third kappa shape index (κ3) is 6.56. The Kier molecular flexibility index (Phi) is 7.93. The number of nitrogens with zero attached hydrogens (tertiary/aromatic N) is 2. The molecule has 1 aromatic heterocycles. The van der Waals surface area contributed by atoms with Crippen molar-refractivity contribution in [3.8, 4) is 0 Å². The van der Waals surface area contributed by atoms with Crippen LogP contribution in [0.25, 0.3) is 0 Å². The lowest BCUT2D eigenvalue weighted by Crippen LogP contribution is -2.40. The highest BCUT2D eigenvalue weighted by molar-refractivity contribution is 5.89. The molecule has 6 heteroatoms. The minimum atomic E-state index is -0.169. The molecule has 3 N–H and O–H groups in total. The van der Waals surface area contributed by atoms with Crippen LogP contribution in [0, 0.1) is 0 Å². The van der Waals surface area contributed by atoms with Crippen molar-refractivity contribution in [2.75, 3.05) is 36.8 Å². The van der Waals surface area contributed by atoms with Crippen LogP contribution in [0.2, 0.25) is 0 Å². The number of hydrogen-bond donors (Lipinski definition) is 3. The van der Waals surface area contributed by atoms with Crippen LogP contribution in [0.4, 0.5) is 16.3 Å². The number of amides is 2. The molecule has 3 aromatic rings. The molecule has 0 spiro atoms. The van der Waals surface area contributed by atoms with Gasteiger partial charge in [-0.3, -0.25) is 0 Å². The summed E-state index contributed by atoms with van der Waals surface area (Å²) < 4.78 is 0. The Balaban J connectivity index is 1.32. The van der Waals surface area contributed by atoms with E-state index in [9.17, 15) is 4.79 Å². The van der Waals surface area contributed by atoms with Gasteiger partial charge in [0, 0.05) is 56.1 Å². The molecule has 2 aromatic carbocycles. The van der Waals surface area contributed by atoms with E-state index in [1.54, 1.807) is 6.20 Å². The van der Waals surface area contributed by atoms with Crippen LogP contribution in [0.15, 0.2) is 79.0 Å². The predicted octanol–water partition coefficient (Wildman–Crippen LogP) is 4.93. The lowest BCUT2D eigenvalue weighted by Gasteiger charge is -2.25. The normalized spacial score (nSPS) is 16.0. The van der Waals surface area contributed by atoms with Crippen LogP contribution in [0.3, 0.4) is 0 Å². The van der Waals surface area contributed by atoms with Gasteiger partial charge < -0.3 is 20.9 Å². The number of anilines is 2. The molecule has 1 saturated heterocycles. The first-order valence-corrected chi connectivity index (χ1v) is 11.8. The van der Waals surface area contributed by atoms with E-state index < -0.39 is 0 Å². The molecule has 0 aliphatic carbocycles. The lowest BCUT2D eigenvalue weighted by molar-refractivity contribution is 0.247. The molecule has 172 valence electrons. The summed E-state index contributed by atoms with van der Waals surface area (Å²) in [6, 6.07) is 25.0. The van der Waals surface area contributed by atoms with Gasteiger partial charge in [-0.25, -0.2) is 9.78 Å². The van der Waals surface area contributed by atoms with Crippen LogP contribution >= 0.6 is 0 Å². The fourth-order valence-corrected chi connectivity index (χ4v) is 4.36. The summed E-state index contributed by atoms with van der Waals surface area (Å²) in [5.41, 5.74) is 3.38. The molecule has 6 nitrogen and oxygen atoms in total. The smallest absolute Gasteiger partial charge is 0.319 e. The van der Waals surface area contributed by atoms with Crippen molar-refractivity contribution >= 4 is 17.5 Å². The Bertz CT molecular complexity index is 972. The van der Waals surface area contributed by atoms with Gasteiger partial charge in [-0.2, -0.15) is 0 Å². The first-order chi connectivity index (χ1) is 16.2. The molecule has 33 heavy (non-hydrogen) atoms. The van der Waals surface area contributed by atoms with Crippen molar-refractivity contribution in [3.63, 3.8) is 0 Å². The largest absolute Gasteiger partial charge is 0.370 e. The Morgan fingerprint density at radius 3 is 2.42 bits per heavy atom. The second-order valence-corrected chi connectivity index (χ2v) is 8.57. The van der Waals surface area contributed by atoms with Crippen molar-refractivity contribution in [2.24, 2.45) is 0 Å². The van der Waals surface area contributed by atoms with Crippen LogP contribution in [0.1, 0.15) is 36.8 Å². The number of likely N-dealkylation sites (tertiary alicyclic amines) is 1. The molecule has 1 aliphatic rings. The van der Waals surface area contributed by atoms with E-state index in [1.165, 1.54) is 11.1 Å². The Hall–Kier alpha value is -3.38. The van der Waals surface area contributed by atoms with Crippen LogP contribution in [0.5, 0.6) is 0 Å². The van der Waals surface area contributed by atoms with E-state index >= 15 is 0 Å². The fraction of sp³-hybridized carbons (Fsp3) is 0.333. The van der Waals surface area contributed by atoms with E-state index in [0.717, 1.165) is 50.5 Å². The van der Waals surface area contributed by atoms with Gasteiger partial charge in [-0.1, -0.05) is 67.6 Å². The van der Waals surface area contributed by atoms with Gasteiger partial charge in [0.2, 0.25) is 0 Å². The van der Waals surface area contributed by atoms with E-state index in [0.29, 0.717) is 5.92 Å². The summed E-state index contributed by atoms with van der Waals surface area (Å²) in [5, 5.41) is 9.33. The van der Waals surface area contributed by atoms with Crippen molar-refractivity contribution in [2.45, 2.75) is 31.7 Å². The fourth-order valence-electron chi connectivity index (χ4n) is 4.36. The van der Waals surface area contributed by atoms with Gasteiger partial charge in [-0.05, 0) is 30.0 Å². The second-order valence-electron chi connectivity index (χ2n) is 8.57. The number of aromatic nitrogens is 1. The third-order valence-electron chi connectivity index (χ3n) is 6.03. The standard InChI is InChI=1S/C27H33N5O/c1-2-15-28-26-18-23(13-16-29-26)30-27(33)31-24-14-17-32(19-24)20-25(21-9-5-3-6-10-21)22-11-7-4-8-12-22/h3-13,16,18,24-25H,2,14-15,17,19-20H2,1H3,(H3,28,29,30,31,33). The summed E-state index contributed by atoms with van der Waals surface area (Å²) in [6.07, 6.45) is 3.68. The van der Waals surface area contributed by atoms with Crippen molar-refractivity contribution < 1.29 is 4.79 Å². The van der Waals surface area contributed by atoms with Crippen LogP contribution < -0.4 is 16.0 Å². The number of urea groups is 1. The number of rotatable bonds is 9. The highest BCUT2D eigenvalue weighted by Gasteiger charge is 2.27. The molecule has 1 atom stereocenters. The quantitative estimate of drug-likeness (QED) is 0.439. The summed E-state index contributed by atoms with van der Waals surface area (Å²) in [5.74, 6) is 1.08. The number of carbonyl (C=O) groups excluding carboxylic acids is 1. The van der Waals surface area contributed by atoms with E-state index in [4.69, 9.17) is 0 Å². The Morgan fingerprint density at radius 2 is 1.76 bits per heavy atom. The minimum Gasteiger partial charge on any atom is -0.370 e. The number of pyridine rings is 1. The maximum absolute atomic E-state index is 12.6. The van der Waals surface area contributed by atoms with Gasteiger partial charge in [0.1, 0.15) is 5.82 Å². The average molecular weight is 444 g/mol. The van der Waals surface area contributed by atoms with Crippen LogP contribution in [-0.4, -0.2) is 48.1 Å². The van der Waals surface area contributed by atoms with E-state index in [2.05, 4.69) is 93.4 Å². The first-order valence-electron chi connectivity index (χ1n) is 11.8. The highest BCUT2D eigenvalue weighted by Crippen LogP contribution is 2.27. The highest BCUT2D eigenvalue weighted by atomic mass is 16.2. The topological polar surface area (TPSA) is 69.3 Å². The average Bonchev–Trinajstić information content (AvgIpc) is 3.29. The monoisotopic (exact) mass is 443 g/mol. The summed E-state index contributed by atoms with van der Waals surface area (Å²) in [7, 11) is 0. The molecule has 4 rings (SSSR count). The van der Waals surface area contributed by atoms with Crippen molar-refractivity contribution in [1.82, 2.24) is 15.2 Å². The van der Waals surface area contributed by atoms with Crippen molar-refractivity contribution in [1.29, 1.82) is 0 Å². The van der Waals surface area contributed by atoms with E-state index in [-0.39, 0.29) is 12.1 Å². The van der Waals surface area contributed by atoms with Crippen molar-refractivity contribution in [3.05, 3.63) is 90.1 Å². The molecule has 2 heterocycles. The first kappa shape index (κ1) is 22.8. The van der Waals surface area contributed by atoms with Crippen LogP contribution in [-0.2, 0) is 0 Å². The predicted molar refractivity (Wildman–Crippen MR) is 135 cm³/mol. The molecular formula is C27H33N5O. The van der Waals surface area contributed by atoms with E-state index in [1.807, 2.05) is 12.1 Å². The SMILES string of the molecule is CCCNc1cc(NC(=O)NC2CCN(CC(c3ccccc3)c3ccccc3)C2)ccn1. The van der Waals surface area contributed by atoms with Gasteiger partial charge >= 0.3 is 6.03 Å². The molecule has 1 unspecified atom stereocenters. The Morgan fingerprint density at radius 1 is 1.06 bits per heavy atom. The molecule has 0 bridgehead atoms. The second kappa shape index (κ2) is 11.5. The maximum Gasteiger partial charge on any atom is 0.319 e. The molecule has 0 radical (unpaired) electrons. The molecule has 1 fully saturated rings. The maximum atomic E-state index is 12.6. The number of benzene rings is 2. The Labute approximate surface area is 196 Å². The zero-order valence-electron chi connectivity index (χ0n) is 19.2. The van der Waals surface area contributed by atoms with Gasteiger partial charge in [0.15, 0.2) is 0 Å². The summed E-state index contributed by atoms with van der Waals surface area (Å²) >= 11 is 0. The number of hydrogen-bond acceptors (Lipinski definition) is 4.